The minimum absolute atomic E-state index is 0.0173. The highest BCUT2D eigenvalue weighted by atomic mass is 35.5. The molecule has 1 aliphatic heterocycles. The lowest BCUT2D eigenvalue weighted by Crippen LogP contribution is -2.47. The van der Waals surface area contributed by atoms with Gasteiger partial charge in [0.15, 0.2) is 11.5 Å². The van der Waals surface area contributed by atoms with Crippen LogP contribution in [0.4, 0.5) is 0 Å². The fourth-order valence-electron chi connectivity index (χ4n) is 3.68. The van der Waals surface area contributed by atoms with Gasteiger partial charge in [-0.3, -0.25) is 9.69 Å². The van der Waals surface area contributed by atoms with E-state index in [9.17, 15) is 4.79 Å². The number of methoxy groups -OCH3 is 2. The standard InChI is InChI=1S/C25H26ClN3O3S/c1-31-22-9-3-18(15-23(22)32-2)4-10-25(30)29-13-11-28(12-14-29)16-24-27-21(17-33-24)19-5-7-20(26)8-6-19/h3-10,15,17H,11-14,16H2,1-2H3/b10-4+. The summed E-state index contributed by atoms with van der Waals surface area (Å²) in [5, 5.41) is 3.88. The van der Waals surface area contributed by atoms with Crippen molar-refractivity contribution in [1.29, 1.82) is 0 Å². The molecule has 3 aromatic rings. The SMILES string of the molecule is COc1ccc(/C=C/C(=O)N2CCN(Cc3nc(-c4ccc(Cl)cc4)cs3)CC2)cc1OC. The number of amides is 1. The lowest BCUT2D eigenvalue weighted by molar-refractivity contribution is -0.127. The Balaban J connectivity index is 1.28. The normalized spacial score (nSPS) is 14.6. The van der Waals surface area contributed by atoms with Gasteiger partial charge in [-0.05, 0) is 35.9 Å². The van der Waals surface area contributed by atoms with Gasteiger partial charge in [-0.15, -0.1) is 11.3 Å². The maximum absolute atomic E-state index is 12.6. The molecule has 1 fully saturated rings. The molecule has 33 heavy (non-hydrogen) atoms. The molecule has 0 unspecified atom stereocenters. The van der Waals surface area contributed by atoms with Crippen LogP contribution in [0.2, 0.25) is 5.02 Å². The molecule has 6 nitrogen and oxygen atoms in total. The van der Waals surface area contributed by atoms with Crippen LogP contribution in [0.25, 0.3) is 17.3 Å². The molecule has 2 heterocycles. The van der Waals surface area contributed by atoms with E-state index in [4.69, 9.17) is 26.1 Å². The quantitative estimate of drug-likeness (QED) is 0.450. The minimum atomic E-state index is 0.0173. The van der Waals surface area contributed by atoms with Crippen molar-refractivity contribution >= 4 is 34.9 Å². The summed E-state index contributed by atoms with van der Waals surface area (Å²) in [6.45, 7) is 3.84. The Kier molecular flexibility index (Phi) is 7.65. The second-order valence-electron chi connectivity index (χ2n) is 7.68. The number of rotatable bonds is 7. The first-order valence-corrected chi connectivity index (χ1v) is 11.9. The second-order valence-corrected chi connectivity index (χ2v) is 9.06. The Morgan fingerprint density at radius 3 is 2.48 bits per heavy atom. The largest absolute Gasteiger partial charge is 0.493 e. The number of nitrogens with zero attached hydrogens (tertiary/aromatic N) is 3. The number of hydrogen-bond donors (Lipinski definition) is 0. The lowest BCUT2D eigenvalue weighted by Gasteiger charge is -2.33. The number of thiazole rings is 1. The van der Waals surface area contributed by atoms with E-state index in [1.807, 2.05) is 53.4 Å². The van der Waals surface area contributed by atoms with Gasteiger partial charge in [-0.2, -0.15) is 0 Å². The molecule has 1 aliphatic rings. The predicted molar refractivity (Wildman–Crippen MR) is 133 cm³/mol. The van der Waals surface area contributed by atoms with Gasteiger partial charge >= 0.3 is 0 Å². The Labute approximate surface area is 203 Å². The predicted octanol–water partition coefficient (Wildman–Crippen LogP) is 4.84. The van der Waals surface area contributed by atoms with Crippen LogP contribution in [0.3, 0.4) is 0 Å². The van der Waals surface area contributed by atoms with Gasteiger partial charge in [0.2, 0.25) is 5.91 Å². The first-order valence-electron chi connectivity index (χ1n) is 10.7. The second kappa shape index (κ2) is 10.8. The summed E-state index contributed by atoms with van der Waals surface area (Å²) in [5.74, 6) is 1.32. The Bertz CT molecular complexity index is 1120. The smallest absolute Gasteiger partial charge is 0.246 e. The van der Waals surface area contributed by atoms with E-state index < -0.39 is 0 Å². The highest BCUT2D eigenvalue weighted by molar-refractivity contribution is 7.09. The monoisotopic (exact) mass is 483 g/mol. The number of halogens is 1. The summed E-state index contributed by atoms with van der Waals surface area (Å²) in [4.78, 5) is 21.6. The van der Waals surface area contributed by atoms with Gasteiger partial charge in [0.25, 0.3) is 0 Å². The van der Waals surface area contributed by atoms with Crippen LogP contribution in [-0.4, -0.2) is 61.1 Å². The van der Waals surface area contributed by atoms with Crippen molar-refractivity contribution < 1.29 is 14.3 Å². The Hall–Kier alpha value is -2.87. The van der Waals surface area contributed by atoms with Crippen molar-refractivity contribution in [1.82, 2.24) is 14.8 Å². The summed E-state index contributed by atoms with van der Waals surface area (Å²) < 4.78 is 10.6. The van der Waals surface area contributed by atoms with E-state index in [1.165, 1.54) is 0 Å². The van der Waals surface area contributed by atoms with E-state index >= 15 is 0 Å². The van der Waals surface area contributed by atoms with Gasteiger partial charge in [0.05, 0.1) is 26.5 Å². The van der Waals surface area contributed by atoms with Crippen LogP contribution < -0.4 is 9.47 Å². The fourth-order valence-corrected chi connectivity index (χ4v) is 4.65. The fraction of sp³-hybridized carbons (Fsp3) is 0.280. The zero-order valence-electron chi connectivity index (χ0n) is 18.7. The third-order valence-corrected chi connectivity index (χ3v) is 6.65. The maximum Gasteiger partial charge on any atom is 0.246 e. The number of ether oxygens (including phenoxy) is 2. The summed E-state index contributed by atoms with van der Waals surface area (Å²) >= 11 is 7.64. The summed E-state index contributed by atoms with van der Waals surface area (Å²) in [6, 6.07) is 13.3. The molecule has 1 saturated heterocycles. The molecule has 0 N–H and O–H groups in total. The Morgan fingerprint density at radius 2 is 1.79 bits per heavy atom. The highest BCUT2D eigenvalue weighted by Crippen LogP contribution is 2.28. The molecule has 0 aliphatic carbocycles. The summed E-state index contributed by atoms with van der Waals surface area (Å²) in [5.41, 5.74) is 2.93. The van der Waals surface area contributed by atoms with E-state index in [2.05, 4.69) is 10.3 Å². The molecule has 2 aromatic carbocycles. The van der Waals surface area contributed by atoms with E-state index in [1.54, 1.807) is 31.6 Å². The minimum Gasteiger partial charge on any atom is -0.493 e. The van der Waals surface area contributed by atoms with Gasteiger partial charge < -0.3 is 14.4 Å². The van der Waals surface area contributed by atoms with Crippen molar-refractivity contribution in [2.75, 3.05) is 40.4 Å². The lowest BCUT2D eigenvalue weighted by atomic mass is 10.2. The molecule has 172 valence electrons. The molecule has 1 amide bonds. The molecule has 8 heteroatoms. The van der Waals surface area contributed by atoms with Crippen LogP contribution in [0.15, 0.2) is 53.9 Å². The molecular formula is C25H26ClN3O3S. The van der Waals surface area contributed by atoms with Crippen LogP contribution in [0.5, 0.6) is 11.5 Å². The van der Waals surface area contributed by atoms with E-state index in [0.29, 0.717) is 24.6 Å². The third-order valence-electron chi connectivity index (χ3n) is 5.56. The van der Waals surface area contributed by atoms with Crippen LogP contribution >= 0.6 is 22.9 Å². The van der Waals surface area contributed by atoms with Crippen molar-refractivity contribution in [2.24, 2.45) is 0 Å². The molecule has 4 rings (SSSR count). The maximum atomic E-state index is 12.6. The zero-order chi connectivity index (χ0) is 23.2. The molecule has 0 spiro atoms. The van der Waals surface area contributed by atoms with Crippen LogP contribution in [0.1, 0.15) is 10.6 Å². The molecule has 0 saturated carbocycles. The zero-order valence-corrected chi connectivity index (χ0v) is 20.2. The first kappa shape index (κ1) is 23.3. The van der Waals surface area contributed by atoms with Gasteiger partial charge in [0.1, 0.15) is 5.01 Å². The number of hydrogen-bond acceptors (Lipinski definition) is 6. The first-order chi connectivity index (χ1) is 16.1. The van der Waals surface area contributed by atoms with E-state index in [-0.39, 0.29) is 5.91 Å². The van der Waals surface area contributed by atoms with Gasteiger partial charge in [-0.25, -0.2) is 4.98 Å². The average molecular weight is 484 g/mol. The van der Waals surface area contributed by atoms with Crippen molar-refractivity contribution in [3.05, 3.63) is 69.5 Å². The number of aromatic nitrogens is 1. The van der Waals surface area contributed by atoms with Gasteiger partial charge in [-0.1, -0.05) is 29.8 Å². The summed E-state index contributed by atoms with van der Waals surface area (Å²) in [7, 11) is 3.20. The number of carbonyl (C=O) groups is 1. The Morgan fingerprint density at radius 1 is 1.06 bits per heavy atom. The third kappa shape index (κ3) is 5.93. The van der Waals surface area contributed by atoms with Crippen LogP contribution in [0, 0.1) is 0 Å². The number of benzene rings is 2. The van der Waals surface area contributed by atoms with Crippen molar-refractivity contribution in [2.45, 2.75) is 6.54 Å². The number of piperazine rings is 1. The van der Waals surface area contributed by atoms with Crippen molar-refractivity contribution in [3.63, 3.8) is 0 Å². The molecule has 1 aromatic heterocycles. The van der Waals surface area contributed by atoms with Crippen LogP contribution in [-0.2, 0) is 11.3 Å². The van der Waals surface area contributed by atoms with E-state index in [0.717, 1.165) is 46.5 Å². The molecular weight excluding hydrogens is 458 g/mol. The number of carbonyl (C=O) groups excluding carboxylic acids is 1. The van der Waals surface area contributed by atoms with Gasteiger partial charge in [0, 0.05) is 48.2 Å². The molecule has 0 bridgehead atoms. The van der Waals surface area contributed by atoms with Crippen molar-refractivity contribution in [3.8, 4) is 22.8 Å². The average Bonchev–Trinajstić information content (AvgIpc) is 3.31. The highest BCUT2D eigenvalue weighted by Gasteiger charge is 2.20. The molecule has 0 radical (unpaired) electrons. The molecule has 0 atom stereocenters. The topological polar surface area (TPSA) is 54.9 Å². The summed E-state index contributed by atoms with van der Waals surface area (Å²) in [6.07, 6.45) is 3.43.